The van der Waals surface area contributed by atoms with E-state index in [-0.39, 0.29) is 17.3 Å². The number of fused-ring (bicyclic) bond motifs is 1. The number of imidazole rings is 1. The molecule has 1 N–H and O–H groups in total. The van der Waals surface area contributed by atoms with E-state index in [9.17, 15) is 9.59 Å². The molecule has 2 aromatic carbocycles. The average molecular weight is 436 g/mol. The Morgan fingerprint density at radius 2 is 1.91 bits per heavy atom. The first-order valence-electron chi connectivity index (χ1n) is 11.3. The van der Waals surface area contributed by atoms with Crippen molar-refractivity contribution in [2.75, 3.05) is 39.5 Å². The number of aromatic nitrogens is 2. The number of H-pyrrole nitrogens is 1. The minimum absolute atomic E-state index is 0.105. The van der Waals surface area contributed by atoms with Gasteiger partial charge in [0.05, 0.1) is 30.9 Å². The van der Waals surface area contributed by atoms with Crippen LogP contribution >= 0.6 is 0 Å². The van der Waals surface area contributed by atoms with Gasteiger partial charge in [0.25, 0.3) is 0 Å². The second-order valence-electron chi connectivity index (χ2n) is 8.95. The van der Waals surface area contributed by atoms with Crippen molar-refractivity contribution in [3.8, 4) is 0 Å². The van der Waals surface area contributed by atoms with Crippen LogP contribution in [0.5, 0.6) is 0 Å². The van der Waals surface area contributed by atoms with Crippen molar-refractivity contribution in [3.05, 3.63) is 70.1 Å². The molecule has 2 saturated heterocycles. The summed E-state index contributed by atoms with van der Waals surface area (Å²) >= 11 is 0. The van der Waals surface area contributed by atoms with Crippen LogP contribution in [-0.4, -0.2) is 65.8 Å². The van der Waals surface area contributed by atoms with E-state index < -0.39 is 0 Å². The normalized spacial score (nSPS) is 22.9. The van der Waals surface area contributed by atoms with Crippen molar-refractivity contribution in [2.45, 2.75) is 30.9 Å². The largest absolute Gasteiger partial charge is 0.376 e. The standard InChI is InChI=1S/C25H29N3O4/c29-16-20-6-7-23-22(14-20)26-24(30)28(23)21-8-10-27(11-9-21)17-25(18-31-12-13-32-25)15-19-4-2-1-3-5-19/h1-7,14,16,21H,8-13,15,17-18H2,(H,26,30). The lowest BCUT2D eigenvalue weighted by molar-refractivity contribution is -0.167. The van der Waals surface area contributed by atoms with E-state index in [4.69, 9.17) is 9.47 Å². The van der Waals surface area contributed by atoms with Crippen LogP contribution in [0.3, 0.4) is 0 Å². The minimum atomic E-state index is -0.338. The number of hydrogen-bond acceptors (Lipinski definition) is 5. The first-order chi connectivity index (χ1) is 15.7. The molecule has 2 aliphatic heterocycles. The molecule has 3 heterocycles. The number of piperidine rings is 1. The second kappa shape index (κ2) is 9.02. The quantitative estimate of drug-likeness (QED) is 0.603. The highest BCUT2D eigenvalue weighted by Crippen LogP contribution is 2.29. The van der Waals surface area contributed by atoms with Gasteiger partial charge in [-0.05, 0) is 36.6 Å². The highest BCUT2D eigenvalue weighted by Gasteiger charge is 2.37. The van der Waals surface area contributed by atoms with Crippen molar-refractivity contribution >= 4 is 17.3 Å². The Hall–Kier alpha value is -2.74. The van der Waals surface area contributed by atoms with E-state index in [1.54, 1.807) is 12.1 Å². The fourth-order valence-corrected chi connectivity index (χ4v) is 5.16. The molecule has 3 aromatic rings. The molecule has 0 amide bonds. The molecule has 2 aliphatic rings. The molecule has 0 saturated carbocycles. The number of carbonyl (C=O) groups is 1. The van der Waals surface area contributed by atoms with Crippen LogP contribution in [0.15, 0.2) is 53.3 Å². The minimum Gasteiger partial charge on any atom is -0.376 e. The van der Waals surface area contributed by atoms with E-state index in [0.717, 1.165) is 56.2 Å². The summed E-state index contributed by atoms with van der Waals surface area (Å²) in [5.74, 6) is 0. The lowest BCUT2D eigenvalue weighted by Crippen LogP contribution is -2.54. The predicted octanol–water partition coefficient (Wildman–Crippen LogP) is 2.81. The fraction of sp³-hybridized carbons (Fsp3) is 0.440. The Kier molecular flexibility index (Phi) is 5.95. The van der Waals surface area contributed by atoms with E-state index in [2.05, 4.69) is 34.1 Å². The zero-order chi connectivity index (χ0) is 22.0. The van der Waals surface area contributed by atoms with Crippen LogP contribution in [0.25, 0.3) is 11.0 Å². The number of nitrogens with one attached hydrogen (secondary N) is 1. The third-order valence-corrected chi connectivity index (χ3v) is 6.68. The summed E-state index contributed by atoms with van der Waals surface area (Å²) in [6, 6.07) is 16.0. The molecule has 0 aliphatic carbocycles. The van der Waals surface area contributed by atoms with Gasteiger partial charge in [-0.1, -0.05) is 30.3 Å². The molecule has 7 nitrogen and oxygen atoms in total. The number of likely N-dealkylation sites (tertiary alicyclic amines) is 1. The SMILES string of the molecule is O=Cc1ccc2c(c1)[nH]c(=O)n2C1CCN(CC2(Cc3ccccc3)COCCO2)CC1. The zero-order valence-electron chi connectivity index (χ0n) is 18.2. The van der Waals surface area contributed by atoms with Gasteiger partial charge in [-0.2, -0.15) is 0 Å². The smallest absolute Gasteiger partial charge is 0.326 e. The van der Waals surface area contributed by atoms with Crippen LogP contribution in [0, 0.1) is 0 Å². The highest BCUT2D eigenvalue weighted by atomic mass is 16.6. The molecular weight excluding hydrogens is 406 g/mol. The van der Waals surface area contributed by atoms with Crippen LogP contribution < -0.4 is 5.69 Å². The maximum atomic E-state index is 12.7. The van der Waals surface area contributed by atoms with Gasteiger partial charge >= 0.3 is 5.69 Å². The molecule has 1 aromatic heterocycles. The van der Waals surface area contributed by atoms with Gasteiger partial charge in [0.15, 0.2) is 0 Å². The summed E-state index contributed by atoms with van der Waals surface area (Å²) in [6.07, 6.45) is 3.42. The summed E-state index contributed by atoms with van der Waals surface area (Å²) in [5.41, 5.74) is 2.97. The van der Waals surface area contributed by atoms with Gasteiger partial charge in [0.2, 0.25) is 0 Å². The van der Waals surface area contributed by atoms with E-state index in [0.29, 0.717) is 25.4 Å². The molecule has 168 valence electrons. The maximum Gasteiger partial charge on any atom is 0.326 e. The van der Waals surface area contributed by atoms with Crippen molar-refractivity contribution in [1.29, 1.82) is 0 Å². The third-order valence-electron chi connectivity index (χ3n) is 6.68. The molecule has 2 fully saturated rings. The monoisotopic (exact) mass is 435 g/mol. The lowest BCUT2D eigenvalue weighted by atomic mass is 9.92. The third kappa shape index (κ3) is 4.28. The number of hydrogen-bond donors (Lipinski definition) is 1. The molecule has 1 atom stereocenters. The number of aromatic amines is 1. The van der Waals surface area contributed by atoms with Crippen LogP contribution in [0.4, 0.5) is 0 Å². The molecule has 0 bridgehead atoms. The number of carbonyl (C=O) groups excluding carboxylic acids is 1. The Balaban J connectivity index is 1.29. The average Bonchev–Trinajstić information content (AvgIpc) is 3.15. The molecule has 32 heavy (non-hydrogen) atoms. The predicted molar refractivity (Wildman–Crippen MR) is 122 cm³/mol. The second-order valence-corrected chi connectivity index (χ2v) is 8.95. The molecule has 1 unspecified atom stereocenters. The van der Waals surface area contributed by atoms with Crippen LogP contribution in [0.2, 0.25) is 0 Å². The summed E-state index contributed by atoms with van der Waals surface area (Å²) in [4.78, 5) is 29.1. The van der Waals surface area contributed by atoms with Crippen molar-refractivity contribution in [2.24, 2.45) is 0 Å². The summed E-state index contributed by atoms with van der Waals surface area (Å²) in [6.45, 7) is 4.49. The number of benzene rings is 2. The summed E-state index contributed by atoms with van der Waals surface area (Å²) < 4.78 is 14.0. The first kappa shape index (κ1) is 21.1. The number of rotatable bonds is 6. The van der Waals surface area contributed by atoms with Crippen LogP contribution in [-0.2, 0) is 15.9 Å². The van der Waals surface area contributed by atoms with E-state index in [1.165, 1.54) is 5.56 Å². The molecular formula is C25H29N3O4. The topological polar surface area (TPSA) is 76.6 Å². The Morgan fingerprint density at radius 3 is 2.62 bits per heavy atom. The molecule has 7 heteroatoms. The van der Waals surface area contributed by atoms with Gasteiger partial charge in [-0.15, -0.1) is 0 Å². The molecule has 5 rings (SSSR count). The Labute approximate surface area is 186 Å². The van der Waals surface area contributed by atoms with E-state index >= 15 is 0 Å². The summed E-state index contributed by atoms with van der Waals surface area (Å²) in [7, 11) is 0. The van der Waals surface area contributed by atoms with Gasteiger partial charge in [-0.25, -0.2) is 4.79 Å². The maximum absolute atomic E-state index is 12.7. The van der Waals surface area contributed by atoms with Crippen LogP contribution in [0.1, 0.15) is 34.8 Å². The Bertz CT molecular complexity index is 1120. The van der Waals surface area contributed by atoms with Crippen molar-refractivity contribution in [3.63, 3.8) is 0 Å². The first-order valence-corrected chi connectivity index (χ1v) is 11.3. The number of ether oxygens (including phenoxy) is 2. The molecule has 0 spiro atoms. The summed E-state index contributed by atoms with van der Waals surface area (Å²) in [5, 5.41) is 0. The number of nitrogens with zero attached hydrogens (tertiary/aromatic N) is 2. The van der Waals surface area contributed by atoms with Gasteiger partial charge < -0.3 is 19.4 Å². The fourth-order valence-electron chi connectivity index (χ4n) is 5.16. The van der Waals surface area contributed by atoms with E-state index in [1.807, 2.05) is 16.7 Å². The molecule has 0 radical (unpaired) electrons. The lowest BCUT2D eigenvalue weighted by Gasteiger charge is -2.43. The Morgan fingerprint density at radius 1 is 1.09 bits per heavy atom. The van der Waals surface area contributed by atoms with Gasteiger partial charge in [-0.3, -0.25) is 9.36 Å². The highest BCUT2D eigenvalue weighted by molar-refractivity contribution is 5.84. The van der Waals surface area contributed by atoms with Crippen molar-refractivity contribution in [1.82, 2.24) is 14.5 Å². The zero-order valence-corrected chi connectivity index (χ0v) is 18.2. The van der Waals surface area contributed by atoms with Crippen molar-refractivity contribution < 1.29 is 14.3 Å². The van der Waals surface area contributed by atoms with Gasteiger partial charge in [0.1, 0.15) is 11.9 Å². The van der Waals surface area contributed by atoms with Gasteiger partial charge in [0, 0.05) is 37.7 Å². The number of aldehydes is 1.